The lowest BCUT2D eigenvalue weighted by Crippen LogP contribution is -2.38. The largest absolute Gasteiger partial charge is 0.379 e. The number of amides is 1. The Bertz CT molecular complexity index is 1760. The molecule has 0 radical (unpaired) electrons. The van der Waals surface area contributed by atoms with Crippen molar-refractivity contribution in [3.63, 3.8) is 0 Å². The molecule has 4 heterocycles. The van der Waals surface area contributed by atoms with Gasteiger partial charge in [-0.2, -0.15) is 0 Å². The van der Waals surface area contributed by atoms with Gasteiger partial charge in [-0.1, -0.05) is 54.1 Å². The van der Waals surface area contributed by atoms with E-state index in [4.69, 9.17) is 9.72 Å². The number of benzene rings is 2. The molecule has 2 fully saturated rings. The highest BCUT2D eigenvalue weighted by Crippen LogP contribution is 2.45. The van der Waals surface area contributed by atoms with Crippen LogP contribution in [-0.4, -0.2) is 58.6 Å². The Morgan fingerprint density at radius 1 is 1.02 bits per heavy atom. The zero-order chi connectivity index (χ0) is 28.9. The standard InChI is InChI=1S/C36H37N5O2/c1-23-29(3-2-4-33(23)41-14-13-28-19-27(25-9-10-25)11-12-30(28)36(41)42)34-31-20-32(39-35(31)38-22-37-34)26-7-5-24(6-8-26)21-40-15-17-43-18-16-40/h2-8,11-12,20,22,25,27H,9-10,13-19,21H2,1H3,(H,37,38,39). The number of nitrogens with one attached hydrogen (secondary N) is 1. The Morgan fingerprint density at radius 3 is 2.67 bits per heavy atom. The van der Waals surface area contributed by atoms with Gasteiger partial charge in [-0.15, -0.1) is 0 Å². The highest BCUT2D eigenvalue weighted by molar-refractivity contribution is 6.10. The van der Waals surface area contributed by atoms with E-state index in [0.29, 0.717) is 5.92 Å². The first-order chi connectivity index (χ1) is 21.1. The lowest BCUT2D eigenvalue weighted by Gasteiger charge is -2.34. The Balaban J connectivity index is 1.07. The maximum atomic E-state index is 13.7. The number of morpholine rings is 1. The van der Waals surface area contributed by atoms with Gasteiger partial charge in [0, 0.05) is 54.1 Å². The van der Waals surface area contributed by atoms with Gasteiger partial charge in [0.05, 0.1) is 18.9 Å². The molecule has 1 saturated carbocycles. The molecule has 1 N–H and O–H groups in total. The van der Waals surface area contributed by atoms with Gasteiger partial charge < -0.3 is 14.6 Å². The van der Waals surface area contributed by atoms with Gasteiger partial charge in [0.15, 0.2) is 0 Å². The number of fused-ring (bicyclic) bond motifs is 1. The van der Waals surface area contributed by atoms with Gasteiger partial charge in [-0.25, -0.2) is 9.97 Å². The molecule has 2 aliphatic carbocycles. The number of hydrogen-bond donors (Lipinski definition) is 1. The third-order valence-corrected chi connectivity index (χ3v) is 9.76. The van der Waals surface area contributed by atoms with Crippen molar-refractivity contribution in [3.05, 3.63) is 89.3 Å². The Labute approximate surface area is 252 Å². The van der Waals surface area contributed by atoms with Crippen LogP contribution in [0.4, 0.5) is 5.69 Å². The number of aromatic nitrogens is 3. The molecule has 4 aliphatic rings. The lowest BCUT2D eigenvalue weighted by atomic mass is 9.83. The zero-order valence-corrected chi connectivity index (χ0v) is 24.7. The van der Waals surface area contributed by atoms with Crippen molar-refractivity contribution in [2.75, 3.05) is 37.7 Å². The van der Waals surface area contributed by atoms with Crippen LogP contribution in [-0.2, 0) is 16.1 Å². The average molecular weight is 572 g/mol. The number of ether oxygens (including phenoxy) is 1. The van der Waals surface area contributed by atoms with Crippen LogP contribution in [0.5, 0.6) is 0 Å². The lowest BCUT2D eigenvalue weighted by molar-refractivity contribution is -0.115. The molecule has 1 saturated heterocycles. The molecular formula is C36H37N5O2. The fourth-order valence-electron chi connectivity index (χ4n) is 7.12. The van der Waals surface area contributed by atoms with Gasteiger partial charge in [0.1, 0.15) is 12.0 Å². The monoisotopic (exact) mass is 571 g/mol. The number of H-pyrrole nitrogens is 1. The maximum absolute atomic E-state index is 13.7. The second-order valence-electron chi connectivity index (χ2n) is 12.5. The molecule has 43 heavy (non-hydrogen) atoms. The van der Waals surface area contributed by atoms with Crippen molar-refractivity contribution < 1.29 is 9.53 Å². The first-order valence-electron chi connectivity index (χ1n) is 15.7. The minimum atomic E-state index is 0.126. The van der Waals surface area contributed by atoms with Crippen molar-refractivity contribution in [2.45, 2.75) is 39.2 Å². The summed E-state index contributed by atoms with van der Waals surface area (Å²) in [5.74, 6) is 1.58. The Morgan fingerprint density at radius 2 is 1.86 bits per heavy atom. The summed E-state index contributed by atoms with van der Waals surface area (Å²) >= 11 is 0. The van der Waals surface area contributed by atoms with Crippen LogP contribution in [0.1, 0.15) is 36.8 Å². The van der Waals surface area contributed by atoms with Gasteiger partial charge in [-0.05, 0) is 73.3 Å². The quantitative estimate of drug-likeness (QED) is 0.288. The van der Waals surface area contributed by atoms with E-state index in [-0.39, 0.29) is 5.91 Å². The summed E-state index contributed by atoms with van der Waals surface area (Å²) in [6, 6.07) is 17.1. The Kier molecular flexibility index (Phi) is 6.72. The Hall–Kier alpha value is -4.07. The molecular weight excluding hydrogens is 534 g/mol. The van der Waals surface area contributed by atoms with Crippen LogP contribution >= 0.6 is 0 Å². The number of hydrogen-bond acceptors (Lipinski definition) is 5. The van der Waals surface area contributed by atoms with Crippen LogP contribution in [0, 0.1) is 18.8 Å². The third-order valence-electron chi connectivity index (χ3n) is 9.76. The number of allylic oxidation sites excluding steroid dienone is 1. The molecule has 1 atom stereocenters. The highest BCUT2D eigenvalue weighted by Gasteiger charge is 2.36. The van der Waals surface area contributed by atoms with Crippen LogP contribution < -0.4 is 4.90 Å². The van der Waals surface area contributed by atoms with Gasteiger partial charge in [0.25, 0.3) is 5.91 Å². The van der Waals surface area contributed by atoms with E-state index in [1.807, 2.05) is 11.0 Å². The molecule has 1 unspecified atom stereocenters. The summed E-state index contributed by atoms with van der Waals surface area (Å²) in [6.45, 7) is 7.35. The molecule has 1 amide bonds. The summed E-state index contributed by atoms with van der Waals surface area (Å²) in [5.41, 5.74) is 10.4. The first kappa shape index (κ1) is 26.5. The molecule has 0 bridgehead atoms. The van der Waals surface area contributed by atoms with Crippen molar-refractivity contribution in [2.24, 2.45) is 11.8 Å². The second kappa shape index (κ2) is 10.9. The molecule has 4 aromatic rings. The van der Waals surface area contributed by atoms with E-state index in [1.54, 1.807) is 6.33 Å². The van der Waals surface area contributed by atoms with E-state index in [2.05, 4.69) is 76.4 Å². The third kappa shape index (κ3) is 5.00. The van der Waals surface area contributed by atoms with Crippen molar-refractivity contribution in [1.29, 1.82) is 0 Å². The average Bonchev–Trinajstić information content (AvgIpc) is 3.80. The molecule has 8 rings (SSSR count). The van der Waals surface area contributed by atoms with Gasteiger partial charge in [0.2, 0.25) is 0 Å². The van der Waals surface area contributed by atoms with E-state index < -0.39 is 0 Å². The number of carbonyl (C=O) groups excluding carboxylic acids is 1. The summed E-state index contributed by atoms with van der Waals surface area (Å²) in [5, 5.41) is 0.978. The minimum absolute atomic E-state index is 0.126. The number of aromatic amines is 1. The van der Waals surface area contributed by atoms with Gasteiger partial charge >= 0.3 is 0 Å². The van der Waals surface area contributed by atoms with Crippen LogP contribution in [0.15, 0.2) is 78.2 Å². The zero-order valence-electron chi connectivity index (χ0n) is 24.7. The number of rotatable bonds is 6. The molecule has 0 spiro atoms. The molecule has 2 aliphatic heterocycles. The van der Waals surface area contributed by atoms with Crippen LogP contribution in [0.25, 0.3) is 33.5 Å². The highest BCUT2D eigenvalue weighted by atomic mass is 16.5. The van der Waals surface area contributed by atoms with Crippen LogP contribution in [0.3, 0.4) is 0 Å². The molecule has 2 aromatic heterocycles. The SMILES string of the molecule is Cc1c(-c2ncnc3[nH]c(-c4ccc(CN5CCOCC5)cc4)cc23)cccc1N1CCC2=C(C=CC(C3CC3)C2)C1=O. The summed E-state index contributed by atoms with van der Waals surface area (Å²) < 4.78 is 5.49. The molecule has 7 nitrogen and oxygen atoms in total. The van der Waals surface area contributed by atoms with Crippen LogP contribution in [0.2, 0.25) is 0 Å². The maximum Gasteiger partial charge on any atom is 0.258 e. The van der Waals surface area contributed by atoms with E-state index in [0.717, 1.165) is 109 Å². The smallest absolute Gasteiger partial charge is 0.258 e. The number of nitrogens with zero attached hydrogens (tertiary/aromatic N) is 4. The molecule has 218 valence electrons. The summed E-state index contributed by atoms with van der Waals surface area (Å²) in [4.78, 5) is 31.0. The normalized spacial score (nSPS) is 21.1. The topological polar surface area (TPSA) is 74.4 Å². The van der Waals surface area contributed by atoms with E-state index in [9.17, 15) is 4.79 Å². The fraction of sp³-hybridized carbons (Fsp3) is 0.361. The minimum Gasteiger partial charge on any atom is -0.379 e. The fourth-order valence-corrected chi connectivity index (χ4v) is 7.12. The van der Waals surface area contributed by atoms with E-state index >= 15 is 0 Å². The molecule has 2 aromatic carbocycles. The number of anilines is 1. The number of carbonyl (C=O) groups is 1. The predicted molar refractivity (Wildman–Crippen MR) is 170 cm³/mol. The van der Waals surface area contributed by atoms with Crippen molar-refractivity contribution in [1.82, 2.24) is 19.9 Å². The van der Waals surface area contributed by atoms with Crippen molar-refractivity contribution in [3.8, 4) is 22.5 Å². The van der Waals surface area contributed by atoms with E-state index in [1.165, 1.54) is 24.0 Å². The summed E-state index contributed by atoms with van der Waals surface area (Å²) in [6.07, 6.45) is 10.7. The predicted octanol–water partition coefficient (Wildman–Crippen LogP) is 6.45. The first-order valence-corrected chi connectivity index (χ1v) is 15.7. The van der Waals surface area contributed by atoms with Crippen molar-refractivity contribution >= 4 is 22.6 Å². The molecule has 7 heteroatoms. The summed E-state index contributed by atoms with van der Waals surface area (Å²) in [7, 11) is 0. The van der Waals surface area contributed by atoms with Gasteiger partial charge in [-0.3, -0.25) is 9.69 Å². The second-order valence-corrected chi connectivity index (χ2v) is 12.5.